The summed E-state index contributed by atoms with van der Waals surface area (Å²) in [5.41, 5.74) is -0.359. The van der Waals surface area contributed by atoms with Crippen molar-refractivity contribution in [3.63, 3.8) is 0 Å². The van der Waals surface area contributed by atoms with E-state index >= 15 is 0 Å². The number of thiazole rings is 1. The highest BCUT2D eigenvalue weighted by molar-refractivity contribution is 7.13. The second kappa shape index (κ2) is 7.15. The molecular formula is C16H25N3O3S. The SMILES string of the molecule is CN(CC1(O)CCOCC1)C(=O)c1csc(N2CCCCC2)n1. The van der Waals surface area contributed by atoms with Crippen LogP contribution in [0.3, 0.4) is 0 Å². The minimum absolute atomic E-state index is 0.121. The fraction of sp³-hybridized carbons (Fsp3) is 0.750. The Morgan fingerprint density at radius 1 is 1.39 bits per heavy atom. The van der Waals surface area contributed by atoms with E-state index in [0.29, 0.717) is 38.3 Å². The first-order valence-electron chi connectivity index (χ1n) is 8.33. The number of carbonyl (C=O) groups is 1. The van der Waals surface area contributed by atoms with Crippen molar-refractivity contribution in [3.8, 4) is 0 Å². The Morgan fingerprint density at radius 3 is 2.78 bits per heavy atom. The number of piperidine rings is 1. The number of amides is 1. The third-order valence-corrected chi connectivity index (χ3v) is 5.54. The highest BCUT2D eigenvalue weighted by atomic mass is 32.1. The maximum absolute atomic E-state index is 12.6. The van der Waals surface area contributed by atoms with Crippen molar-refractivity contribution in [2.45, 2.75) is 37.7 Å². The number of carbonyl (C=O) groups excluding carboxylic acids is 1. The van der Waals surface area contributed by atoms with Crippen LogP contribution in [0.15, 0.2) is 5.38 Å². The monoisotopic (exact) mass is 339 g/mol. The molecule has 2 fully saturated rings. The van der Waals surface area contributed by atoms with E-state index in [1.54, 1.807) is 11.9 Å². The lowest BCUT2D eigenvalue weighted by atomic mass is 9.94. The van der Waals surface area contributed by atoms with Gasteiger partial charge in [0.2, 0.25) is 0 Å². The van der Waals surface area contributed by atoms with Gasteiger partial charge in [-0.05, 0) is 19.3 Å². The molecule has 1 N–H and O–H groups in total. The van der Waals surface area contributed by atoms with Gasteiger partial charge in [0.05, 0.1) is 5.60 Å². The molecule has 0 radical (unpaired) electrons. The second-order valence-corrected chi connectivity index (χ2v) is 7.40. The zero-order valence-corrected chi connectivity index (χ0v) is 14.5. The van der Waals surface area contributed by atoms with Crippen molar-refractivity contribution in [2.75, 3.05) is 44.8 Å². The van der Waals surface area contributed by atoms with E-state index in [9.17, 15) is 9.90 Å². The number of rotatable bonds is 4. The molecule has 23 heavy (non-hydrogen) atoms. The van der Waals surface area contributed by atoms with Crippen LogP contribution in [0.25, 0.3) is 0 Å². The van der Waals surface area contributed by atoms with Gasteiger partial charge in [0.15, 0.2) is 5.13 Å². The fourth-order valence-electron chi connectivity index (χ4n) is 3.21. The second-order valence-electron chi connectivity index (χ2n) is 6.56. The minimum Gasteiger partial charge on any atom is -0.388 e. The fourth-order valence-corrected chi connectivity index (χ4v) is 4.06. The maximum atomic E-state index is 12.6. The summed E-state index contributed by atoms with van der Waals surface area (Å²) in [7, 11) is 1.73. The van der Waals surface area contributed by atoms with E-state index < -0.39 is 5.60 Å². The van der Waals surface area contributed by atoms with Crippen molar-refractivity contribution in [1.29, 1.82) is 0 Å². The van der Waals surface area contributed by atoms with Crippen molar-refractivity contribution < 1.29 is 14.6 Å². The third-order valence-electron chi connectivity index (χ3n) is 4.64. The summed E-state index contributed by atoms with van der Waals surface area (Å²) in [4.78, 5) is 20.9. The summed E-state index contributed by atoms with van der Waals surface area (Å²) >= 11 is 1.53. The normalized spacial score (nSPS) is 21.2. The molecule has 1 aromatic rings. The lowest BCUT2D eigenvalue weighted by molar-refractivity contribution is -0.0734. The molecule has 7 heteroatoms. The summed E-state index contributed by atoms with van der Waals surface area (Å²) in [5.74, 6) is -0.121. The summed E-state index contributed by atoms with van der Waals surface area (Å²) in [6.45, 7) is 3.47. The molecule has 3 rings (SSSR count). The number of aliphatic hydroxyl groups is 1. The van der Waals surface area contributed by atoms with Crippen LogP contribution < -0.4 is 4.90 Å². The molecule has 0 aromatic carbocycles. The number of hydrogen-bond acceptors (Lipinski definition) is 6. The smallest absolute Gasteiger partial charge is 0.273 e. The Morgan fingerprint density at radius 2 is 2.09 bits per heavy atom. The van der Waals surface area contributed by atoms with Crippen molar-refractivity contribution in [2.24, 2.45) is 0 Å². The van der Waals surface area contributed by atoms with E-state index in [-0.39, 0.29) is 5.91 Å². The van der Waals surface area contributed by atoms with Gasteiger partial charge in [-0.3, -0.25) is 4.79 Å². The Bertz CT molecular complexity index is 536. The zero-order valence-electron chi connectivity index (χ0n) is 13.7. The van der Waals surface area contributed by atoms with Crippen LogP contribution in [-0.4, -0.2) is 66.4 Å². The Hall–Kier alpha value is -1.18. The van der Waals surface area contributed by atoms with Gasteiger partial charge in [-0.25, -0.2) is 4.98 Å². The quantitative estimate of drug-likeness (QED) is 0.905. The topological polar surface area (TPSA) is 65.9 Å². The molecule has 1 aromatic heterocycles. The van der Waals surface area contributed by atoms with Gasteiger partial charge in [0.25, 0.3) is 5.91 Å². The van der Waals surface area contributed by atoms with Gasteiger partial charge >= 0.3 is 0 Å². The van der Waals surface area contributed by atoms with Crippen molar-refractivity contribution >= 4 is 22.4 Å². The molecule has 128 valence electrons. The van der Waals surface area contributed by atoms with Gasteiger partial charge in [-0.2, -0.15) is 0 Å². The number of hydrogen-bond donors (Lipinski definition) is 1. The summed E-state index contributed by atoms with van der Waals surface area (Å²) in [6, 6.07) is 0. The van der Waals surface area contributed by atoms with E-state index in [4.69, 9.17) is 4.74 Å². The average molecular weight is 339 g/mol. The summed E-state index contributed by atoms with van der Waals surface area (Å²) in [6.07, 6.45) is 4.80. The predicted molar refractivity (Wildman–Crippen MR) is 90.1 cm³/mol. The number of aromatic nitrogens is 1. The molecule has 2 aliphatic heterocycles. The van der Waals surface area contributed by atoms with Gasteiger partial charge in [0.1, 0.15) is 5.69 Å². The maximum Gasteiger partial charge on any atom is 0.273 e. The predicted octanol–water partition coefficient (Wildman–Crippen LogP) is 1.75. The molecule has 0 saturated carbocycles. The number of nitrogens with zero attached hydrogens (tertiary/aromatic N) is 3. The molecule has 6 nitrogen and oxygen atoms in total. The summed E-state index contributed by atoms with van der Waals surface area (Å²) < 4.78 is 5.28. The molecule has 0 bridgehead atoms. The Labute approximate surface area is 141 Å². The van der Waals surface area contributed by atoms with Gasteiger partial charge < -0.3 is 19.6 Å². The molecule has 3 heterocycles. The molecule has 1 amide bonds. The van der Waals surface area contributed by atoms with E-state index in [1.807, 2.05) is 5.38 Å². The molecule has 0 unspecified atom stereocenters. The molecule has 2 saturated heterocycles. The lowest BCUT2D eigenvalue weighted by Crippen LogP contribution is -2.47. The van der Waals surface area contributed by atoms with E-state index in [2.05, 4.69) is 9.88 Å². The zero-order chi connectivity index (χ0) is 16.3. The van der Waals surface area contributed by atoms with Crippen LogP contribution in [0.5, 0.6) is 0 Å². The summed E-state index contributed by atoms with van der Waals surface area (Å²) in [5, 5.41) is 13.3. The van der Waals surface area contributed by atoms with Crippen molar-refractivity contribution in [1.82, 2.24) is 9.88 Å². The standard InChI is InChI=1S/C16H25N3O3S/c1-18(12-16(21)5-9-22-10-6-16)14(20)13-11-23-15(17-13)19-7-3-2-4-8-19/h11,21H,2-10,12H2,1H3. The van der Waals surface area contributed by atoms with E-state index in [1.165, 1.54) is 30.6 Å². The number of likely N-dealkylation sites (N-methyl/N-ethyl adjacent to an activating group) is 1. The molecule has 2 aliphatic rings. The first kappa shape index (κ1) is 16.7. The first-order chi connectivity index (χ1) is 11.1. The van der Waals surface area contributed by atoms with Crippen LogP contribution >= 0.6 is 11.3 Å². The number of ether oxygens (including phenoxy) is 1. The number of anilines is 1. The Balaban J connectivity index is 1.61. The Kier molecular flexibility index (Phi) is 5.18. The van der Waals surface area contributed by atoms with Crippen LogP contribution in [-0.2, 0) is 4.74 Å². The molecular weight excluding hydrogens is 314 g/mol. The molecule has 0 atom stereocenters. The van der Waals surface area contributed by atoms with Crippen LogP contribution in [0.2, 0.25) is 0 Å². The van der Waals surface area contributed by atoms with Crippen LogP contribution in [0.1, 0.15) is 42.6 Å². The van der Waals surface area contributed by atoms with Gasteiger partial charge in [-0.15, -0.1) is 11.3 Å². The van der Waals surface area contributed by atoms with Crippen LogP contribution in [0.4, 0.5) is 5.13 Å². The lowest BCUT2D eigenvalue weighted by Gasteiger charge is -2.35. The molecule has 0 spiro atoms. The third kappa shape index (κ3) is 4.02. The largest absolute Gasteiger partial charge is 0.388 e. The van der Waals surface area contributed by atoms with Gasteiger partial charge in [-0.1, -0.05) is 0 Å². The average Bonchev–Trinajstić information content (AvgIpc) is 3.05. The van der Waals surface area contributed by atoms with E-state index in [0.717, 1.165) is 18.2 Å². The minimum atomic E-state index is -0.839. The highest BCUT2D eigenvalue weighted by Gasteiger charge is 2.33. The molecule has 0 aliphatic carbocycles. The van der Waals surface area contributed by atoms with Gasteiger partial charge in [0, 0.05) is 58.1 Å². The highest BCUT2D eigenvalue weighted by Crippen LogP contribution is 2.26. The van der Waals surface area contributed by atoms with Crippen molar-refractivity contribution in [3.05, 3.63) is 11.1 Å². The first-order valence-corrected chi connectivity index (χ1v) is 9.21. The van der Waals surface area contributed by atoms with Crippen LogP contribution in [0, 0.1) is 0 Å².